The molecule has 0 fully saturated rings. The van der Waals surface area contributed by atoms with Crippen molar-refractivity contribution in [2.75, 3.05) is 11.9 Å². The molecule has 0 amide bonds. The molecule has 0 radical (unpaired) electrons. The number of para-hydroxylation sites is 1. The first-order valence-electron chi connectivity index (χ1n) is 6.38. The van der Waals surface area contributed by atoms with E-state index in [4.69, 9.17) is 5.11 Å². The molecule has 0 aliphatic carbocycles. The molecule has 0 aliphatic heterocycles. The largest absolute Gasteiger partial charge is 0.478 e. The molecule has 3 heteroatoms. The number of benzene rings is 2. The van der Waals surface area contributed by atoms with Crippen molar-refractivity contribution < 1.29 is 9.90 Å². The van der Waals surface area contributed by atoms with Crippen molar-refractivity contribution in [2.24, 2.45) is 0 Å². The van der Waals surface area contributed by atoms with Crippen LogP contribution in [-0.2, 0) is 4.79 Å². The zero-order chi connectivity index (χ0) is 14.5. The van der Waals surface area contributed by atoms with E-state index >= 15 is 0 Å². The number of anilines is 2. The Kier molecular flexibility index (Phi) is 4.20. The smallest absolute Gasteiger partial charge is 0.328 e. The van der Waals surface area contributed by atoms with Gasteiger partial charge >= 0.3 is 5.97 Å². The summed E-state index contributed by atoms with van der Waals surface area (Å²) in [6.07, 6.45) is 2.77. The number of aliphatic carboxylic acids is 1. The molecule has 0 heterocycles. The van der Waals surface area contributed by atoms with Crippen LogP contribution in [0.4, 0.5) is 11.4 Å². The average molecular weight is 267 g/mol. The van der Waals surface area contributed by atoms with E-state index < -0.39 is 5.97 Å². The fourth-order valence-corrected chi connectivity index (χ4v) is 2.02. The fraction of sp³-hybridized carbons (Fsp3) is 0.118. The standard InChI is InChI=1S/C17H17NO2/c1-13-12-16(10-8-14(13)9-11-17(19)20)18(2)15-6-4-3-5-7-15/h3-12H,1-2H3,(H,19,20). The van der Waals surface area contributed by atoms with Gasteiger partial charge in [-0.25, -0.2) is 4.79 Å². The minimum atomic E-state index is -0.935. The Morgan fingerprint density at radius 3 is 2.40 bits per heavy atom. The van der Waals surface area contributed by atoms with Crippen LogP contribution in [0.1, 0.15) is 11.1 Å². The van der Waals surface area contributed by atoms with Crippen LogP contribution in [-0.4, -0.2) is 18.1 Å². The van der Waals surface area contributed by atoms with Gasteiger partial charge in [0.1, 0.15) is 0 Å². The predicted molar refractivity (Wildman–Crippen MR) is 82.4 cm³/mol. The molecule has 0 saturated heterocycles. The minimum absolute atomic E-state index is 0.914. The lowest BCUT2D eigenvalue weighted by atomic mass is 10.1. The number of hydrogen-bond donors (Lipinski definition) is 1. The zero-order valence-electron chi connectivity index (χ0n) is 11.6. The highest BCUT2D eigenvalue weighted by Crippen LogP contribution is 2.25. The van der Waals surface area contributed by atoms with E-state index in [-0.39, 0.29) is 0 Å². The Hall–Kier alpha value is -2.55. The molecule has 2 aromatic rings. The first-order chi connectivity index (χ1) is 9.58. The van der Waals surface area contributed by atoms with Crippen LogP contribution < -0.4 is 4.90 Å². The third-order valence-corrected chi connectivity index (χ3v) is 3.19. The summed E-state index contributed by atoms with van der Waals surface area (Å²) in [5.41, 5.74) is 4.14. The van der Waals surface area contributed by atoms with Gasteiger partial charge in [0, 0.05) is 24.5 Å². The van der Waals surface area contributed by atoms with Crippen molar-refractivity contribution in [3.63, 3.8) is 0 Å². The normalized spacial score (nSPS) is 10.7. The molecular weight excluding hydrogens is 250 g/mol. The highest BCUT2D eigenvalue weighted by molar-refractivity contribution is 5.85. The number of nitrogens with zero attached hydrogens (tertiary/aromatic N) is 1. The molecule has 3 nitrogen and oxygen atoms in total. The molecule has 2 rings (SSSR count). The van der Waals surface area contributed by atoms with Crippen LogP contribution in [0.3, 0.4) is 0 Å². The Balaban J connectivity index is 2.27. The molecule has 0 unspecified atom stereocenters. The van der Waals surface area contributed by atoms with Gasteiger partial charge in [0.05, 0.1) is 0 Å². The van der Waals surface area contributed by atoms with Gasteiger partial charge in [-0.3, -0.25) is 0 Å². The third kappa shape index (κ3) is 3.26. The van der Waals surface area contributed by atoms with E-state index in [9.17, 15) is 4.79 Å². The summed E-state index contributed by atoms with van der Waals surface area (Å²) >= 11 is 0. The van der Waals surface area contributed by atoms with Crippen LogP contribution in [0.25, 0.3) is 6.08 Å². The molecule has 20 heavy (non-hydrogen) atoms. The maximum atomic E-state index is 10.5. The highest BCUT2D eigenvalue weighted by atomic mass is 16.4. The molecular formula is C17H17NO2. The van der Waals surface area contributed by atoms with Gasteiger partial charge in [0.2, 0.25) is 0 Å². The molecule has 0 spiro atoms. The van der Waals surface area contributed by atoms with Crippen LogP contribution in [0.15, 0.2) is 54.6 Å². The zero-order valence-corrected chi connectivity index (χ0v) is 11.6. The number of rotatable bonds is 4. The monoisotopic (exact) mass is 267 g/mol. The molecule has 1 N–H and O–H groups in total. The van der Waals surface area contributed by atoms with Gasteiger partial charge in [-0.15, -0.1) is 0 Å². The molecule has 102 valence electrons. The van der Waals surface area contributed by atoms with Crippen LogP contribution in [0.5, 0.6) is 0 Å². The Labute approximate surface area is 118 Å². The summed E-state index contributed by atoms with van der Waals surface area (Å²) in [5, 5.41) is 8.66. The summed E-state index contributed by atoms with van der Waals surface area (Å²) in [6, 6.07) is 16.1. The number of aryl methyl sites for hydroxylation is 1. The lowest BCUT2D eigenvalue weighted by Gasteiger charge is -2.20. The maximum Gasteiger partial charge on any atom is 0.328 e. The van der Waals surface area contributed by atoms with Crippen molar-refractivity contribution >= 4 is 23.4 Å². The predicted octanol–water partition coefficient (Wildman–Crippen LogP) is 3.86. The van der Waals surface area contributed by atoms with E-state index in [2.05, 4.69) is 11.0 Å². The lowest BCUT2D eigenvalue weighted by Crippen LogP contribution is -2.09. The van der Waals surface area contributed by atoms with Gasteiger partial charge < -0.3 is 10.0 Å². The Bertz CT molecular complexity index is 633. The Morgan fingerprint density at radius 1 is 1.10 bits per heavy atom. The van der Waals surface area contributed by atoms with Crippen LogP contribution in [0.2, 0.25) is 0 Å². The van der Waals surface area contributed by atoms with Crippen molar-refractivity contribution in [1.82, 2.24) is 0 Å². The summed E-state index contributed by atoms with van der Waals surface area (Å²) in [5.74, 6) is -0.935. The summed E-state index contributed by atoms with van der Waals surface area (Å²) < 4.78 is 0. The van der Waals surface area contributed by atoms with E-state index in [0.29, 0.717) is 0 Å². The Morgan fingerprint density at radius 2 is 1.80 bits per heavy atom. The van der Waals surface area contributed by atoms with E-state index in [1.54, 1.807) is 6.08 Å². The van der Waals surface area contributed by atoms with Gasteiger partial charge in [0.25, 0.3) is 0 Å². The molecule has 0 atom stereocenters. The highest BCUT2D eigenvalue weighted by Gasteiger charge is 2.05. The van der Waals surface area contributed by atoms with Gasteiger partial charge in [-0.1, -0.05) is 24.3 Å². The number of hydrogen-bond acceptors (Lipinski definition) is 2. The number of carboxylic acid groups (broad SMARTS) is 1. The molecule has 0 aliphatic rings. The lowest BCUT2D eigenvalue weighted by molar-refractivity contribution is -0.131. The SMILES string of the molecule is Cc1cc(N(C)c2ccccc2)ccc1C=CC(=O)O. The topological polar surface area (TPSA) is 40.5 Å². The van der Waals surface area contributed by atoms with Gasteiger partial charge in [-0.2, -0.15) is 0 Å². The van der Waals surface area contributed by atoms with Crippen molar-refractivity contribution in [3.05, 3.63) is 65.7 Å². The molecule has 2 aromatic carbocycles. The third-order valence-electron chi connectivity index (χ3n) is 3.19. The fourth-order valence-electron chi connectivity index (χ4n) is 2.02. The summed E-state index contributed by atoms with van der Waals surface area (Å²) in [6.45, 7) is 1.98. The quantitative estimate of drug-likeness (QED) is 0.855. The second kappa shape index (κ2) is 6.06. The molecule has 0 saturated carbocycles. The number of carbonyl (C=O) groups is 1. The second-order valence-electron chi connectivity index (χ2n) is 4.61. The van der Waals surface area contributed by atoms with Crippen molar-refractivity contribution in [2.45, 2.75) is 6.92 Å². The first-order valence-corrected chi connectivity index (χ1v) is 6.38. The van der Waals surface area contributed by atoms with E-state index in [0.717, 1.165) is 28.6 Å². The van der Waals surface area contributed by atoms with E-state index in [1.165, 1.54) is 0 Å². The number of carboxylic acids is 1. The average Bonchev–Trinajstić information content (AvgIpc) is 2.46. The van der Waals surface area contributed by atoms with Crippen molar-refractivity contribution in [3.8, 4) is 0 Å². The molecule has 0 bridgehead atoms. The maximum absolute atomic E-state index is 10.5. The summed E-state index contributed by atoms with van der Waals surface area (Å²) in [7, 11) is 2.01. The van der Waals surface area contributed by atoms with Crippen LogP contribution in [0, 0.1) is 6.92 Å². The van der Waals surface area contributed by atoms with E-state index in [1.807, 2.05) is 56.4 Å². The second-order valence-corrected chi connectivity index (χ2v) is 4.61. The minimum Gasteiger partial charge on any atom is -0.478 e. The van der Waals surface area contributed by atoms with Gasteiger partial charge in [-0.05, 0) is 48.4 Å². The summed E-state index contributed by atoms with van der Waals surface area (Å²) in [4.78, 5) is 12.6. The first kappa shape index (κ1) is 13.9. The molecule has 0 aromatic heterocycles. The van der Waals surface area contributed by atoms with Gasteiger partial charge in [0.15, 0.2) is 0 Å². The van der Waals surface area contributed by atoms with Crippen molar-refractivity contribution in [1.29, 1.82) is 0 Å². The van der Waals surface area contributed by atoms with Crippen LogP contribution >= 0.6 is 0 Å².